The van der Waals surface area contributed by atoms with E-state index in [-0.39, 0.29) is 16.2 Å². The van der Waals surface area contributed by atoms with Gasteiger partial charge in [-0.3, -0.25) is 0 Å². The number of nitrogens with zero attached hydrogens (tertiary/aromatic N) is 1. The zero-order chi connectivity index (χ0) is 43.4. The molecule has 8 aromatic rings. The van der Waals surface area contributed by atoms with Gasteiger partial charge < -0.3 is 4.90 Å². The lowest BCUT2D eigenvalue weighted by atomic mass is 9.43. The molecule has 65 heavy (non-hydrogen) atoms. The number of para-hydroxylation sites is 2. The van der Waals surface area contributed by atoms with Crippen LogP contribution in [0.2, 0.25) is 0 Å². The summed E-state index contributed by atoms with van der Waals surface area (Å²) >= 11 is 0. The number of anilines is 3. The van der Waals surface area contributed by atoms with Gasteiger partial charge in [-0.15, -0.1) is 0 Å². The number of fused-ring (bicyclic) bond motifs is 9. The van der Waals surface area contributed by atoms with Gasteiger partial charge in [0, 0.05) is 33.1 Å². The van der Waals surface area contributed by atoms with Gasteiger partial charge in [0.2, 0.25) is 0 Å². The molecule has 1 nitrogen and oxygen atoms in total. The van der Waals surface area contributed by atoms with E-state index in [0.29, 0.717) is 11.8 Å². The Kier molecular flexibility index (Phi) is 7.77. The molecule has 4 saturated carbocycles. The Labute approximate surface area is 384 Å². The first-order chi connectivity index (χ1) is 31.7. The van der Waals surface area contributed by atoms with Crippen LogP contribution in [-0.2, 0) is 16.2 Å². The Morgan fingerprint density at radius 1 is 0.354 bits per heavy atom. The molecule has 7 aliphatic rings. The minimum Gasteiger partial charge on any atom is -0.309 e. The third-order valence-electron chi connectivity index (χ3n) is 17.9. The van der Waals surface area contributed by atoms with Crippen LogP contribution in [-0.4, -0.2) is 0 Å². The average molecular weight is 838 g/mol. The van der Waals surface area contributed by atoms with Crippen molar-refractivity contribution < 1.29 is 0 Å². The predicted molar refractivity (Wildman–Crippen MR) is 270 cm³/mol. The molecule has 0 N–H and O–H groups in total. The minimum absolute atomic E-state index is 0.0612. The highest BCUT2D eigenvalue weighted by molar-refractivity contribution is 6.01. The van der Waals surface area contributed by atoms with Crippen LogP contribution in [0.5, 0.6) is 0 Å². The second-order valence-corrected chi connectivity index (χ2v) is 21.6. The summed E-state index contributed by atoms with van der Waals surface area (Å²) in [6.07, 6.45) is 6.93. The van der Waals surface area contributed by atoms with Crippen molar-refractivity contribution in [1.82, 2.24) is 0 Å². The molecule has 1 heteroatoms. The topological polar surface area (TPSA) is 3.24 Å². The van der Waals surface area contributed by atoms with Crippen LogP contribution < -0.4 is 4.90 Å². The van der Waals surface area contributed by atoms with Gasteiger partial charge in [-0.25, -0.2) is 0 Å². The van der Waals surface area contributed by atoms with Gasteiger partial charge in [-0.2, -0.15) is 0 Å². The quantitative estimate of drug-likeness (QED) is 0.167. The highest BCUT2D eigenvalue weighted by Gasteiger charge is 2.61. The summed E-state index contributed by atoms with van der Waals surface area (Å²) in [5.74, 6) is 3.16. The van der Waals surface area contributed by atoms with Crippen molar-refractivity contribution in [2.75, 3.05) is 4.90 Å². The number of hydrogen-bond donors (Lipinski definition) is 0. The zero-order valence-corrected chi connectivity index (χ0v) is 38.0. The van der Waals surface area contributed by atoms with Gasteiger partial charge in [-0.1, -0.05) is 179 Å². The van der Waals surface area contributed by atoms with Crippen LogP contribution >= 0.6 is 0 Å². The summed E-state index contributed by atoms with van der Waals surface area (Å²) in [6.45, 7) is 9.65. The second-order valence-electron chi connectivity index (χ2n) is 21.6. The van der Waals surface area contributed by atoms with Crippen LogP contribution in [0.4, 0.5) is 17.1 Å². The summed E-state index contributed by atoms with van der Waals surface area (Å²) < 4.78 is 0. The fraction of sp³-hybridized carbons (Fsp3) is 0.250. The first-order valence-electron chi connectivity index (χ1n) is 24.4. The Morgan fingerprint density at radius 3 is 1.46 bits per heavy atom. The SMILES string of the molecule is CC1(C)c2ccccc2-c2c(-c3ccccc3N(c3ccc4c(c3)C3(c5ccccc5-4)C4CC5CC(C4)CC3C5)c3ccccc3-c3cccc4c3C(C)(C)c3ccccc3-4)cccc21. The van der Waals surface area contributed by atoms with E-state index in [1.54, 1.807) is 11.1 Å². The van der Waals surface area contributed by atoms with E-state index in [0.717, 1.165) is 11.8 Å². The van der Waals surface area contributed by atoms with Crippen LogP contribution in [0, 0.1) is 23.7 Å². The normalized spacial score (nSPS) is 23.7. The fourth-order valence-electron chi connectivity index (χ4n) is 15.5. The Morgan fingerprint density at radius 2 is 0.800 bits per heavy atom. The number of rotatable bonds is 5. The molecule has 4 bridgehead atoms. The van der Waals surface area contributed by atoms with E-state index in [1.165, 1.54) is 127 Å². The van der Waals surface area contributed by atoms with Gasteiger partial charge >= 0.3 is 0 Å². The lowest BCUT2D eigenvalue weighted by Crippen LogP contribution is -2.55. The van der Waals surface area contributed by atoms with Crippen molar-refractivity contribution in [1.29, 1.82) is 0 Å². The van der Waals surface area contributed by atoms with E-state index >= 15 is 0 Å². The van der Waals surface area contributed by atoms with Gasteiger partial charge in [0.1, 0.15) is 0 Å². The van der Waals surface area contributed by atoms with E-state index in [1.807, 2.05) is 0 Å². The summed E-state index contributed by atoms with van der Waals surface area (Å²) in [7, 11) is 0. The lowest BCUT2D eigenvalue weighted by Gasteiger charge is -2.61. The molecule has 316 valence electrons. The van der Waals surface area contributed by atoms with Gasteiger partial charge in [0.25, 0.3) is 0 Å². The van der Waals surface area contributed by atoms with Crippen molar-refractivity contribution in [2.24, 2.45) is 23.7 Å². The zero-order valence-electron chi connectivity index (χ0n) is 38.0. The van der Waals surface area contributed by atoms with Gasteiger partial charge in [-0.05, 0) is 158 Å². The largest absolute Gasteiger partial charge is 0.309 e. The maximum Gasteiger partial charge on any atom is 0.0540 e. The molecule has 0 atom stereocenters. The van der Waals surface area contributed by atoms with E-state index in [2.05, 4.69) is 209 Å². The summed E-state index contributed by atoms with van der Waals surface area (Å²) in [6, 6.07) is 68.1. The molecule has 0 aromatic heterocycles. The monoisotopic (exact) mass is 837 g/mol. The Balaban J connectivity index is 1.04. The molecule has 1 spiro atoms. The first kappa shape index (κ1) is 37.9. The first-order valence-corrected chi connectivity index (χ1v) is 24.4. The van der Waals surface area contributed by atoms with Crippen LogP contribution in [0.15, 0.2) is 176 Å². The molecule has 8 aromatic carbocycles. The smallest absolute Gasteiger partial charge is 0.0540 e. The van der Waals surface area contributed by atoms with E-state index < -0.39 is 0 Å². The third kappa shape index (κ3) is 4.94. The highest BCUT2D eigenvalue weighted by atomic mass is 15.1. The molecule has 0 heterocycles. The molecule has 4 fully saturated rings. The Bertz CT molecular complexity index is 3280. The van der Waals surface area contributed by atoms with Crippen LogP contribution in [0.1, 0.15) is 93.2 Å². The molecule has 7 aliphatic carbocycles. The van der Waals surface area contributed by atoms with Crippen molar-refractivity contribution >= 4 is 17.1 Å². The van der Waals surface area contributed by atoms with Crippen molar-refractivity contribution in [3.8, 4) is 55.6 Å². The number of hydrogen-bond acceptors (Lipinski definition) is 1. The molecular formula is C64H55N. The summed E-state index contributed by atoms with van der Waals surface area (Å²) in [5.41, 5.74) is 25.8. The average Bonchev–Trinajstić information content (AvgIpc) is 3.86. The van der Waals surface area contributed by atoms with E-state index in [9.17, 15) is 0 Å². The van der Waals surface area contributed by atoms with Gasteiger partial charge in [0.05, 0.1) is 11.4 Å². The van der Waals surface area contributed by atoms with Crippen LogP contribution in [0.3, 0.4) is 0 Å². The molecule has 0 amide bonds. The molecule has 15 rings (SSSR count). The second kappa shape index (κ2) is 13.3. The molecule has 0 saturated heterocycles. The molecular weight excluding hydrogens is 783 g/mol. The van der Waals surface area contributed by atoms with Gasteiger partial charge in [0.15, 0.2) is 0 Å². The molecule has 0 radical (unpaired) electrons. The summed E-state index contributed by atoms with van der Waals surface area (Å²) in [4.78, 5) is 2.66. The minimum atomic E-state index is -0.158. The molecule has 0 aliphatic heterocycles. The predicted octanol–water partition coefficient (Wildman–Crippen LogP) is 16.8. The van der Waals surface area contributed by atoms with Crippen LogP contribution in [0.25, 0.3) is 55.6 Å². The maximum atomic E-state index is 2.69. The standard InChI is InChI=1S/C64H55N/c1-62(2)54-26-11-7-21-52(54)60-49(22-16-28-56(60)62)47-19-8-13-29-58(47)65(59-30-14-9-20-48(59)51-24-15-23-50-45-18-5-10-25-53(45)63(3,4)61(50)51)43-31-32-46-44-17-6-12-27-55(44)64(57(46)38-43)41-34-39-33-40(36-41)37-42(64)35-39/h5-32,38-42H,33-37H2,1-4H3. The lowest BCUT2D eigenvalue weighted by molar-refractivity contribution is -0.0399. The highest BCUT2D eigenvalue weighted by Crippen LogP contribution is 2.70. The van der Waals surface area contributed by atoms with Crippen molar-refractivity contribution in [2.45, 2.75) is 76.0 Å². The number of benzene rings is 8. The molecule has 0 unspecified atom stereocenters. The maximum absolute atomic E-state index is 2.69. The fourth-order valence-corrected chi connectivity index (χ4v) is 15.5. The van der Waals surface area contributed by atoms with Crippen molar-refractivity contribution in [3.63, 3.8) is 0 Å². The third-order valence-corrected chi connectivity index (χ3v) is 17.9. The van der Waals surface area contributed by atoms with Crippen molar-refractivity contribution in [3.05, 3.63) is 209 Å². The van der Waals surface area contributed by atoms with E-state index in [4.69, 9.17) is 0 Å². The Hall–Kier alpha value is -6.44. The summed E-state index contributed by atoms with van der Waals surface area (Å²) in [5, 5.41) is 0.